The molecule has 0 saturated carbocycles. The molecule has 15 heavy (non-hydrogen) atoms. The van der Waals surface area contributed by atoms with E-state index in [1.807, 2.05) is 25.1 Å². The van der Waals surface area contributed by atoms with Crippen LogP contribution in [0.4, 0.5) is 11.4 Å². The summed E-state index contributed by atoms with van der Waals surface area (Å²) in [5, 5.41) is 12.2. The first-order valence-electron chi connectivity index (χ1n) is 5.08. The fourth-order valence-electron chi connectivity index (χ4n) is 1.24. The highest BCUT2D eigenvalue weighted by molar-refractivity contribution is 5.72. The Morgan fingerprint density at radius 2 is 2.27 bits per heavy atom. The van der Waals surface area contributed by atoms with E-state index in [-0.39, 0.29) is 0 Å². The van der Waals surface area contributed by atoms with Gasteiger partial charge in [-0.25, -0.2) is 0 Å². The Morgan fingerprint density at radius 1 is 1.53 bits per heavy atom. The molecule has 0 spiro atoms. The van der Waals surface area contributed by atoms with Crippen LogP contribution in [0.1, 0.15) is 13.8 Å². The van der Waals surface area contributed by atoms with Gasteiger partial charge in [-0.05, 0) is 26.0 Å². The molecule has 4 N–H and O–H groups in total. The van der Waals surface area contributed by atoms with E-state index < -0.39 is 6.10 Å². The first kappa shape index (κ1) is 11.7. The van der Waals surface area contributed by atoms with Crippen LogP contribution in [-0.4, -0.2) is 24.4 Å². The summed E-state index contributed by atoms with van der Waals surface area (Å²) in [7, 11) is 0. The predicted octanol–water partition coefficient (Wildman–Crippen LogP) is 1.46. The van der Waals surface area contributed by atoms with Crippen molar-refractivity contribution in [3.8, 4) is 5.75 Å². The maximum Gasteiger partial charge on any atom is 0.144 e. The molecule has 84 valence electrons. The normalized spacial score (nSPS) is 12.2. The van der Waals surface area contributed by atoms with Crippen LogP contribution in [0.3, 0.4) is 0 Å². The fourth-order valence-corrected chi connectivity index (χ4v) is 1.24. The predicted molar refractivity (Wildman–Crippen MR) is 62.2 cm³/mol. The number of nitrogens with two attached hydrogens (primary N) is 1. The van der Waals surface area contributed by atoms with Crippen molar-refractivity contribution in [3.63, 3.8) is 0 Å². The van der Waals surface area contributed by atoms with E-state index in [2.05, 4.69) is 5.32 Å². The monoisotopic (exact) mass is 210 g/mol. The molecule has 1 unspecified atom stereocenters. The average molecular weight is 210 g/mol. The summed E-state index contributed by atoms with van der Waals surface area (Å²) < 4.78 is 5.36. The molecule has 0 fully saturated rings. The highest BCUT2D eigenvalue weighted by atomic mass is 16.5. The van der Waals surface area contributed by atoms with E-state index in [0.717, 1.165) is 5.69 Å². The Labute approximate surface area is 90.1 Å². The molecule has 0 saturated heterocycles. The third kappa shape index (κ3) is 3.32. The highest BCUT2D eigenvalue weighted by Gasteiger charge is 2.05. The number of hydrogen-bond acceptors (Lipinski definition) is 4. The number of anilines is 2. The summed E-state index contributed by atoms with van der Waals surface area (Å²) in [5.41, 5.74) is 7.26. The van der Waals surface area contributed by atoms with E-state index >= 15 is 0 Å². The summed E-state index contributed by atoms with van der Waals surface area (Å²) >= 11 is 0. The molecule has 0 radical (unpaired) electrons. The number of rotatable bonds is 5. The van der Waals surface area contributed by atoms with Gasteiger partial charge in [0.25, 0.3) is 0 Å². The molecule has 0 heterocycles. The number of ether oxygens (including phenoxy) is 1. The molecule has 0 aliphatic heterocycles. The Hall–Kier alpha value is -1.42. The summed E-state index contributed by atoms with van der Waals surface area (Å²) in [6, 6.07) is 5.55. The lowest BCUT2D eigenvalue weighted by atomic mass is 10.2. The van der Waals surface area contributed by atoms with Gasteiger partial charge in [-0.2, -0.15) is 0 Å². The van der Waals surface area contributed by atoms with Crippen LogP contribution in [0.25, 0.3) is 0 Å². The second-order valence-electron chi connectivity index (χ2n) is 3.38. The Morgan fingerprint density at radius 3 is 2.87 bits per heavy atom. The maximum atomic E-state index is 9.14. The van der Waals surface area contributed by atoms with Gasteiger partial charge in [-0.3, -0.25) is 0 Å². The van der Waals surface area contributed by atoms with Crippen molar-refractivity contribution < 1.29 is 9.84 Å². The molecule has 0 bridgehead atoms. The van der Waals surface area contributed by atoms with Crippen molar-refractivity contribution >= 4 is 11.4 Å². The molecule has 0 amide bonds. The smallest absolute Gasteiger partial charge is 0.144 e. The molecule has 1 atom stereocenters. The first-order valence-corrected chi connectivity index (χ1v) is 5.08. The second kappa shape index (κ2) is 5.46. The Kier molecular flexibility index (Phi) is 4.24. The number of benzene rings is 1. The van der Waals surface area contributed by atoms with Crippen LogP contribution in [0.15, 0.2) is 18.2 Å². The largest absolute Gasteiger partial charge is 0.492 e. The third-order valence-corrected chi connectivity index (χ3v) is 1.95. The van der Waals surface area contributed by atoms with Crippen molar-refractivity contribution in [2.24, 2.45) is 0 Å². The molecule has 1 aromatic rings. The van der Waals surface area contributed by atoms with Gasteiger partial charge in [-0.1, -0.05) is 6.07 Å². The van der Waals surface area contributed by atoms with Crippen LogP contribution in [0.2, 0.25) is 0 Å². The Balaban J connectivity index is 2.75. The lowest BCUT2D eigenvalue weighted by Gasteiger charge is -2.13. The van der Waals surface area contributed by atoms with Crippen LogP contribution in [-0.2, 0) is 0 Å². The highest BCUT2D eigenvalue weighted by Crippen LogP contribution is 2.29. The number of nitrogen functional groups attached to an aromatic ring is 1. The maximum absolute atomic E-state index is 9.14. The lowest BCUT2D eigenvalue weighted by molar-refractivity contribution is 0.208. The van der Waals surface area contributed by atoms with Gasteiger partial charge in [0.1, 0.15) is 5.75 Å². The van der Waals surface area contributed by atoms with E-state index in [1.54, 1.807) is 6.92 Å². The molecular formula is C11H18N2O2. The molecular weight excluding hydrogens is 192 g/mol. The zero-order chi connectivity index (χ0) is 11.3. The van der Waals surface area contributed by atoms with Crippen molar-refractivity contribution in [1.82, 2.24) is 0 Å². The van der Waals surface area contributed by atoms with Crippen LogP contribution >= 0.6 is 0 Å². The molecule has 1 aromatic carbocycles. The van der Waals surface area contributed by atoms with Gasteiger partial charge in [0, 0.05) is 6.54 Å². The number of hydrogen-bond donors (Lipinski definition) is 3. The quantitative estimate of drug-likeness (QED) is 0.644. The van der Waals surface area contributed by atoms with Crippen LogP contribution in [0, 0.1) is 0 Å². The topological polar surface area (TPSA) is 67.5 Å². The second-order valence-corrected chi connectivity index (χ2v) is 3.38. The summed E-state index contributed by atoms with van der Waals surface area (Å²) in [4.78, 5) is 0. The minimum atomic E-state index is -0.403. The van der Waals surface area contributed by atoms with E-state index in [1.165, 1.54) is 0 Å². The van der Waals surface area contributed by atoms with Crippen molar-refractivity contribution in [2.75, 3.05) is 24.2 Å². The van der Waals surface area contributed by atoms with Crippen LogP contribution < -0.4 is 15.8 Å². The Bertz CT molecular complexity index is 313. The number of aliphatic hydroxyl groups excluding tert-OH is 1. The summed E-state index contributed by atoms with van der Waals surface area (Å²) in [6.07, 6.45) is -0.403. The summed E-state index contributed by atoms with van der Waals surface area (Å²) in [6.45, 7) is 4.69. The van der Waals surface area contributed by atoms with Crippen molar-refractivity contribution in [1.29, 1.82) is 0 Å². The fraction of sp³-hybridized carbons (Fsp3) is 0.455. The van der Waals surface area contributed by atoms with E-state index in [0.29, 0.717) is 24.6 Å². The molecule has 4 nitrogen and oxygen atoms in total. The minimum Gasteiger partial charge on any atom is -0.492 e. The standard InChI is InChI=1S/C11H18N2O2/c1-3-15-10-6-4-5-9(11(10)12)13-7-8(2)14/h4-6,8,13-14H,3,7,12H2,1-2H3. The molecule has 1 rings (SSSR count). The zero-order valence-corrected chi connectivity index (χ0v) is 9.16. The average Bonchev–Trinajstić information content (AvgIpc) is 2.19. The minimum absolute atomic E-state index is 0.403. The van der Waals surface area contributed by atoms with Crippen molar-refractivity contribution in [3.05, 3.63) is 18.2 Å². The zero-order valence-electron chi connectivity index (χ0n) is 9.16. The van der Waals surface area contributed by atoms with Gasteiger partial charge in [0.15, 0.2) is 0 Å². The van der Waals surface area contributed by atoms with Gasteiger partial charge >= 0.3 is 0 Å². The number of aliphatic hydroxyl groups is 1. The summed E-state index contributed by atoms with van der Waals surface area (Å²) in [5.74, 6) is 0.674. The lowest BCUT2D eigenvalue weighted by Crippen LogP contribution is -2.16. The number of nitrogens with one attached hydrogen (secondary N) is 1. The number of para-hydroxylation sites is 1. The van der Waals surface area contributed by atoms with Crippen LogP contribution in [0.5, 0.6) is 5.75 Å². The van der Waals surface area contributed by atoms with E-state index in [4.69, 9.17) is 15.6 Å². The first-order chi connectivity index (χ1) is 7.15. The van der Waals surface area contributed by atoms with E-state index in [9.17, 15) is 0 Å². The molecule has 4 heteroatoms. The molecule has 0 aromatic heterocycles. The molecule has 0 aliphatic carbocycles. The SMILES string of the molecule is CCOc1cccc(NCC(C)O)c1N. The van der Waals surface area contributed by atoms with Gasteiger partial charge < -0.3 is 20.9 Å². The van der Waals surface area contributed by atoms with Gasteiger partial charge in [0.05, 0.1) is 24.1 Å². The third-order valence-electron chi connectivity index (χ3n) is 1.95. The van der Waals surface area contributed by atoms with Gasteiger partial charge in [0.2, 0.25) is 0 Å². The van der Waals surface area contributed by atoms with Gasteiger partial charge in [-0.15, -0.1) is 0 Å². The molecule has 0 aliphatic rings. The van der Waals surface area contributed by atoms with Crippen molar-refractivity contribution in [2.45, 2.75) is 20.0 Å².